The van der Waals surface area contributed by atoms with Crippen LogP contribution in [0.15, 0.2) is 12.7 Å². The number of hydrogen-bond acceptors (Lipinski definition) is 6. The lowest BCUT2D eigenvalue weighted by Crippen LogP contribution is -2.45. The van der Waals surface area contributed by atoms with Gasteiger partial charge in [-0.3, -0.25) is 4.18 Å². The normalized spacial score (nSPS) is 49.2. The molecule has 3 saturated heterocycles. The Morgan fingerprint density at radius 3 is 2.82 bits per heavy atom. The van der Waals surface area contributed by atoms with Crippen molar-refractivity contribution in [1.29, 1.82) is 0 Å². The Kier molecular flexibility index (Phi) is 2.17. The molecular formula is C10H13NO5S. The van der Waals surface area contributed by atoms with Crippen LogP contribution in [0.2, 0.25) is 0 Å². The Hall–Kier alpha value is -0.920. The van der Waals surface area contributed by atoms with Crippen LogP contribution in [0.1, 0.15) is 6.92 Å². The van der Waals surface area contributed by atoms with Crippen LogP contribution in [0.3, 0.4) is 0 Å². The highest BCUT2D eigenvalue weighted by atomic mass is 32.2. The molecule has 1 N–H and O–H groups in total. The predicted molar refractivity (Wildman–Crippen MR) is 57.5 cm³/mol. The molecule has 0 spiro atoms. The van der Waals surface area contributed by atoms with Gasteiger partial charge >= 0.3 is 5.97 Å². The third-order valence-corrected chi connectivity index (χ3v) is 5.73. The number of hydrogen-bond donors (Lipinski definition) is 1. The van der Waals surface area contributed by atoms with Crippen molar-refractivity contribution >= 4 is 16.1 Å². The van der Waals surface area contributed by atoms with Crippen molar-refractivity contribution in [2.75, 3.05) is 0 Å². The first-order chi connectivity index (χ1) is 7.95. The zero-order chi connectivity index (χ0) is 12.4. The molecular weight excluding hydrogens is 246 g/mol. The number of ether oxygens (including phenoxy) is 1. The average Bonchev–Trinajstić information content (AvgIpc) is 2.81. The highest BCUT2D eigenvalue weighted by molar-refractivity contribution is 7.87. The van der Waals surface area contributed by atoms with Crippen molar-refractivity contribution < 1.29 is 22.1 Å². The van der Waals surface area contributed by atoms with Gasteiger partial charge in [0.25, 0.3) is 10.1 Å². The first-order valence-electron chi connectivity index (χ1n) is 5.47. The van der Waals surface area contributed by atoms with Gasteiger partial charge < -0.3 is 10.1 Å². The molecule has 2 bridgehead atoms. The number of carbonyl (C=O) groups excluding carboxylic acids is 1. The summed E-state index contributed by atoms with van der Waals surface area (Å²) < 4.78 is 33.8. The summed E-state index contributed by atoms with van der Waals surface area (Å²) in [6.45, 7) is 5.15. The monoisotopic (exact) mass is 259 g/mol. The van der Waals surface area contributed by atoms with Crippen LogP contribution < -0.4 is 5.32 Å². The number of fused-ring (bicyclic) bond motifs is 1. The number of nitrogens with one attached hydrogen (secondary N) is 1. The first kappa shape index (κ1) is 11.2. The van der Waals surface area contributed by atoms with Crippen LogP contribution >= 0.6 is 0 Å². The molecule has 3 aliphatic rings. The lowest BCUT2D eigenvalue weighted by molar-refractivity contribution is -0.148. The third kappa shape index (κ3) is 1.33. The van der Waals surface area contributed by atoms with Gasteiger partial charge in [-0.05, 0) is 5.92 Å². The molecule has 3 aliphatic heterocycles. The topological polar surface area (TPSA) is 81.7 Å². The second-order valence-corrected chi connectivity index (χ2v) is 6.42. The van der Waals surface area contributed by atoms with Crippen LogP contribution in [-0.2, 0) is 23.8 Å². The maximum atomic E-state index is 11.8. The summed E-state index contributed by atoms with van der Waals surface area (Å²) in [6, 6.07) is -0.418. The Balaban J connectivity index is 1.92. The summed E-state index contributed by atoms with van der Waals surface area (Å²) >= 11 is 0. The van der Waals surface area contributed by atoms with Crippen molar-refractivity contribution in [3.8, 4) is 0 Å². The molecule has 3 fully saturated rings. The van der Waals surface area contributed by atoms with E-state index in [0.29, 0.717) is 0 Å². The fourth-order valence-electron chi connectivity index (χ4n) is 3.18. The van der Waals surface area contributed by atoms with E-state index >= 15 is 0 Å². The zero-order valence-corrected chi connectivity index (χ0v) is 10.0. The maximum Gasteiger partial charge on any atom is 0.330 e. The summed E-state index contributed by atoms with van der Waals surface area (Å²) in [4.78, 5) is 11.2. The quantitative estimate of drug-likeness (QED) is 0.396. The highest BCUT2D eigenvalue weighted by Gasteiger charge is 2.68. The first-order valence-corrected chi connectivity index (χ1v) is 6.94. The fourth-order valence-corrected chi connectivity index (χ4v) is 5.14. The Bertz CT molecular complexity index is 487. The number of carbonyl (C=O) groups is 1. The van der Waals surface area contributed by atoms with Gasteiger partial charge in [0.05, 0.1) is 12.1 Å². The average molecular weight is 259 g/mol. The summed E-state index contributed by atoms with van der Waals surface area (Å²) in [5, 5.41) is 2.64. The van der Waals surface area contributed by atoms with Crippen LogP contribution in [0.25, 0.3) is 0 Å². The Labute approximate surface area is 99.1 Å². The van der Waals surface area contributed by atoms with E-state index in [0.717, 1.165) is 6.08 Å². The minimum Gasteiger partial charge on any atom is -0.455 e. The number of rotatable bonds is 2. The largest absolute Gasteiger partial charge is 0.455 e. The molecule has 0 radical (unpaired) electrons. The second kappa shape index (κ2) is 3.30. The predicted octanol–water partition coefficient (Wildman–Crippen LogP) is -0.828. The van der Waals surface area contributed by atoms with E-state index in [2.05, 4.69) is 11.9 Å². The molecule has 17 heavy (non-hydrogen) atoms. The molecule has 0 aromatic heterocycles. The van der Waals surface area contributed by atoms with E-state index in [1.165, 1.54) is 0 Å². The third-order valence-electron chi connectivity index (χ3n) is 3.85. The van der Waals surface area contributed by atoms with Gasteiger partial charge in [0.2, 0.25) is 0 Å². The lowest BCUT2D eigenvalue weighted by Gasteiger charge is -2.27. The van der Waals surface area contributed by atoms with Gasteiger partial charge in [0.1, 0.15) is 17.5 Å². The molecule has 3 heterocycles. The van der Waals surface area contributed by atoms with E-state index < -0.39 is 33.5 Å². The molecule has 6 unspecified atom stereocenters. The molecule has 7 heteroatoms. The molecule has 0 aromatic rings. The van der Waals surface area contributed by atoms with Crippen LogP contribution in [0, 0.1) is 5.92 Å². The van der Waals surface area contributed by atoms with E-state index in [-0.39, 0.29) is 18.0 Å². The molecule has 0 amide bonds. The summed E-state index contributed by atoms with van der Waals surface area (Å²) in [5.41, 5.74) is 0. The van der Waals surface area contributed by atoms with Crippen molar-refractivity contribution in [2.45, 2.75) is 36.5 Å². The molecule has 6 atom stereocenters. The van der Waals surface area contributed by atoms with Gasteiger partial charge in [0, 0.05) is 6.08 Å². The van der Waals surface area contributed by atoms with Crippen molar-refractivity contribution in [3.63, 3.8) is 0 Å². The van der Waals surface area contributed by atoms with E-state index in [1.54, 1.807) is 0 Å². The number of esters is 1. The second-order valence-electron chi connectivity index (χ2n) is 4.70. The van der Waals surface area contributed by atoms with Crippen LogP contribution in [0.4, 0.5) is 0 Å². The minimum absolute atomic E-state index is 0.119. The summed E-state index contributed by atoms with van der Waals surface area (Å²) in [5.74, 6) is -0.674. The minimum atomic E-state index is -3.54. The van der Waals surface area contributed by atoms with E-state index in [1.807, 2.05) is 6.92 Å². The van der Waals surface area contributed by atoms with Crippen LogP contribution in [-0.4, -0.2) is 43.9 Å². The lowest BCUT2D eigenvalue weighted by atomic mass is 9.86. The van der Waals surface area contributed by atoms with Gasteiger partial charge in [-0.15, -0.1) is 0 Å². The van der Waals surface area contributed by atoms with E-state index in [9.17, 15) is 13.2 Å². The van der Waals surface area contributed by atoms with Crippen molar-refractivity contribution in [3.05, 3.63) is 12.7 Å². The van der Waals surface area contributed by atoms with Gasteiger partial charge in [-0.1, -0.05) is 13.5 Å². The van der Waals surface area contributed by atoms with Gasteiger partial charge in [-0.25, -0.2) is 4.79 Å². The summed E-state index contributed by atoms with van der Waals surface area (Å²) in [6.07, 6.45) is -0.0680. The molecule has 94 valence electrons. The van der Waals surface area contributed by atoms with Gasteiger partial charge in [-0.2, -0.15) is 8.42 Å². The van der Waals surface area contributed by atoms with Crippen LogP contribution in [0.5, 0.6) is 0 Å². The van der Waals surface area contributed by atoms with Gasteiger partial charge in [0.15, 0.2) is 0 Å². The summed E-state index contributed by atoms with van der Waals surface area (Å²) in [7, 11) is -3.54. The smallest absolute Gasteiger partial charge is 0.330 e. The molecule has 0 saturated carbocycles. The molecule has 0 aromatic carbocycles. The SMILES string of the molecule is C=CC(=O)OC1C2NC3C1OS(=O)(=O)C3C2C. The highest BCUT2D eigenvalue weighted by Crippen LogP contribution is 2.46. The Morgan fingerprint density at radius 2 is 2.18 bits per heavy atom. The zero-order valence-electron chi connectivity index (χ0n) is 9.20. The van der Waals surface area contributed by atoms with E-state index in [4.69, 9.17) is 8.92 Å². The fraction of sp³-hybridized carbons (Fsp3) is 0.700. The maximum absolute atomic E-state index is 11.8. The van der Waals surface area contributed by atoms with Crippen molar-refractivity contribution in [2.24, 2.45) is 5.92 Å². The molecule has 0 aliphatic carbocycles. The molecule has 6 nitrogen and oxygen atoms in total. The van der Waals surface area contributed by atoms with Crippen molar-refractivity contribution in [1.82, 2.24) is 5.32 Å². The molecule has 3 rings (SSSR count). The standard InChI is InChI=1S/C10H13NO5S/c1-3-5(12)15-8-6-4(2)10-7(11-6)9(8)16-17(10,13)14/h3-4,6-11H,1H2,2H3. The Morgan fingerprint density at radius 1 is 1.47 bits per heavy atom.